The van der Waals surface area contributed by atoms with Crippen LogP contribution in [0.25, 0.3) is 0 Å². The van der Waals surface area contributed by atoms with Gasteiger partial charge in [-0.25, -0.2) is 4.68 Å². The Kier molecular flexibility index (Phi) is 3.73. The van der Waals surface area contributed by atoms with Crippen LogP contribution in [0.5, 0.6) is 0 Å². The molecule has 2 aromatic heterocycles. The van der Waals surface area contributed by atoms with E-state index in [2.05, 4.69) is 55.3 Å². The summed E-state index contributed by atoms with van der Waals surface area (Å²) in [6, 6.07) is 2.27. The van der Waals surface area contributed by atoms with E-state index in [4.69, 9.17) is 0 Å². The fourth-order valence-corrected chi connectivity index (χ4v) is 2.90. The van der Waals surface area contributed by atoms with E-state index in [1.54, 1.807) is 16.0 Å². The van der Waals surface area contributed by atoms with Crippen molar-refractivity contribution in [1.29, 1.82) is 0 Å². The van der Waals surface area contributed by atoms with Crippen molar-refractivity contribution >= 4 is 27.3 Å². The highest BCUT2D eigenvalue weighted by Gasteiger charge is 2.21. The van der Waals surface area contributed by atoms with Crippen LogP contribution in [0, 0.1) is 0 Å². The molecule has 16 heavy (non-hydrogen) atoms. The van der Waals surface area contributed by atoms with Gasteiger partial charge in [-0.05, 0) is 44.9 Å². The van der Waals surface area contributed by atoms with Gasteiger partial charge in [-0.2, -0.15) is 11.3 Å². The lowest BCUT2D eigenvalue weighted by molar-refractivity contribution is 0.568. The molecule has 0 bridgehead atoms. The van der Waals surface area contributed by atoms with Crippen LogP contribution in [-0.2, 0) is 7.05 Å². The highest BCUT2D eigenvalue weighted by Crippen LogP contribution is 2.27. The van der Waals surface area contributed by atoms with Gasteiger partial charge in [0.05, 0.1) is 11.7 Å². The minimum Gasteiger partial charge on any atom is -0.305 e. The Hall–Kier alpha value is -0.720. The number of rotatable bonds is 4. The normalized spacial score (nSPS) is 12.9. The van der Waals surface area contributed by atoms with Crippen molar-refractivity contribution in [1.82, 2.24) is 20.3 Å². The maximum Gasteiger partial charge on any atom is 0.153 e. The van der Waals surface area contributed by atoms with Crippen LogP contribution in [0.15, 0.2) is 21.4 Å². The van der Waals surface area contributed by atoms with Gasteiger partial charge in [0.15, 0.2) is 4.60 Å². The first kappa shape index (κ1) is 11.8. The molecule has 0 aromatic carbocycles. The van der Waals surface area contributed by atoms with Crippen molar-refractivity contribution in [2.45, 2.75) is 13.0 Å². The maximum atomic E-state index is 4.02. The molecule has 2 aromatic rings. The SMILES string of the molecule is CCNC(c1ccsc1)c1c(Br)nnn1C. The highest BCUT2D eigenvalue weighted by molar-refractivity contribution is 9.10. The molecule has 86 valence electrons. The molecule has 0 saturated heterocycles. The first-order chi connectivity index (χ1) is 7.74. The third kappa shape index (κ3) is 2.18. The molecule has 0 aliphatic carbocycles. The Labute approximate surface area is 107 Å². The summed E-state index contributed by atoms with van der Waals surface area (Å²) in [5.74, 6) is 0. The number of nitrogens with zero attached hydrogens (tertiary/aromatic N) is 3. The zero-order valence-corrected chi connectivity index (χ0v) is 11.5. The van der Waals surface area contributed by atoms with E-state index in [1.807, 2.05) is 7.05 Å². The van der Waals surface area contributed by atoms with Crippen molar-refractivity contribution in [2.75, 3.05) is 6.54 Å². The van der Waals surface area contributed by atoms with Crippen molar-refractivity contribution in [2.24, 2.45) is 7.05 Å². The van der Waals surface area contributed by atoms with Crippen LogP contribution in [0.3, 0.4) is 0 Å². The minimum absolute atomic E-state index is 0.144. The molecule has 0 aliphatic heterocycles. The summed E-state index contributed by atoms with van der Waals surface area (Å²) < 4.78 is 2.60. The topological polar surface area (TPSA) is 42.7 Å². The first-order valence-corrected chi connectivity index (χ1v) is 6.78. The van der Waals surface area contributed by atoms with Crippen molar-refractivity contribution in [3.8, 4) is 0 Å². The number of hydrogen-bond donors (Lipinski definition) is 1. The second-order valence-corrected chi connectivity index (χ2v) is 4.97. The Morgan fingerprint density at radius 2 is 2.44 bits per heavy atom. The molecule has 2 heterocycles. The maximum absolute atomic E-state index is 4.02. The van der Waals surface area contributed by atoms with E-state index in [-0.39, 0.29) is 6.04 Å². The lowest BCUT2D eigenvalue weighted by Crippen LogP contribution is -2.24. The summed E-state index contributed by atoms with van der Waals surface area (Å²) >= 11 is 5.14. The average molecular weight is 301 g/mol. The van der Waals surface area contributed by atoms with E-state index < -0.39 is 0 Å². The van der Waals surface area contributed by atoms with Crippen LogP contribution < -0.4 is 5.32 Å². The molecule has 1 atom stereocenters. The molecular formula is C10H13BrN4S. The van der Waals surface area contributed by atoms with Gasteiger partial charge in [0.25, 0.3) is 0 Å². The van der Waals surface area contributed by atoms with E-state index in [1.165, 1.54) is 5.56 Å². The van der Waals surface area contributed by atoms with Gasteiger partial charge in [-0.1, -0.05) is 12.1 Å². The molecule has 6 heteroatoms. The number of hydrogen-bond acceptors (Lipinski definition) is 4. The van der Waals surface area contributed by atoms with Gasteiger partial charge in [0.2, 0.25) is 0 Å². The molecule has 4 nitrogen and oxygen atoms in total. The summed E-state index contributed by atoms with van der Waals surface area (Å²) in [6.07, 6.45) is 0. The van der Waals surface area contributed by atoms with E-state index in [0.29, 0.717) is 0 Å². The number of aryl methyl sites for hydroxylation is 1. The predicted octanol–water partition coefficient (Wildman–Crippen LogP) is 2.34. The molecule has 1 unspecified atom stereocenters. The van der Waals surface area contributed by atoms with Gasteiger partial charge in [-0.3, -0.25) is 0 Å². The van der Waals surface area contributed by atoms with Crippen molar-refractivity contribution in [3.05, 3.63) is 32.7 Å². The molecule has 0 spiro atoms. The molecule has 2 rings (SSSR count). The summed E-state index contributed by atoms with van der Waals surface area (Å²) in [6.45, 7) is 3.00. The zero-order valence-electron chi connectivity index (χ0n) is 9.14. The molecule has 0 aliphatic rings. The van der Waals surface area contributed by atoms with E-state index in [9.17, 15) is 0 Å². The number of nitrogens with one attached hydrogen (secondary N) is 1. The Morgan fingerprint density at radius 3 is 2.94 bits per heavy atom. The van der Waals surface area contributed by atoms with Gasteiger partial charge in [-0.15, -0.1) is 5.10 Å². The lowest BCUT2D eigenvalue weighted by Gasteiger charge is -2.16. The van der Waals surface area contributed by atoms with Crippen LogP contribution in [0.2, 0.25) is 0 Å². The monoisotopic (exact) mass is 300 g/mol. The minimum atomic E-state index is 0.144. The van der Waals surface area contributed by atoms with Crippen LogP contribution in [-0.4, -0.2) is 21.5 Å². The van der Waals surface area contributed by atoms with Gasteiger partial charge < -0.3 is 5.32 Å². The lowest BCUT2D eigenvalue weighted by atomic mass is 10.1. The molecule has 0 fully saturated rings. The third-order valence-electron chi connectivity index (χ3n) is 2.38. The first-order valence-electron chi connectivity index (χ1n) is 5.04. The quantitative estimate of drug-likeness (QED) is 0.942. The summed E-state index contributed by atoms with van der Waals surface area (Å²) in [5.41, 5.74) is 2.30. The smallest absolute Gasteiger partial charge is 0.153 e. The van der Waals surface area contributed by atoms with E-state index >= 15 is 0 Å². The van der Waals surface area contributed by atoms with Crippen LogP contribution >= 0.6 is 27.3 Å². The zero-order chi connectivity index (χ0) is 11.5. The molecule has 0 radical (unpaired) electrons. The third-order valence-corrected chi connectivity index (χ3v) is 3.65. The average Bonchev–Trinajstić information content (AvgIpc) is 2.87. The summed E-state index contributed by atoms with van der Waals surface area (Å²) in [4.78, 5) is 0. The van der Waals surface area contributed by atoms with Crippen LogP contribution in [0.1, 0.15) is 24.2 Å². The predicted molar refractivity (Wildman–Crippen MR) is 68.5 cm³/mol. The molecule has 0 amide bonds. The fourth-order valence-electron chi connectivity index (χ4n) is 1.66. The van der Waals surface area contributed by atoms with Crippen molar-refractivity contribution in [3.63, 3.8) is 0 Å². The van der Waals surface area contributed by atoms with Gasteiger partial charge in [0.1, 0.15) is 0 Å². The number of halogens is 1. The number of thiophene rings is 1. The highest BCUT2D eigenvalue weighted by atomic mass is 79.9. The molecule has 0 saturated carbocycles. The van der Waals surface area contributed by atoms with Gasteiger partial charge in [0, 0.05) is 7.05 Å². The largest absolute Gasteiger partial charge is 0.305 e. The Bertz CT molecular complexity index is 432. The fraction of sp³-hybridized carbons (Fsp3) is 0.400. The molecule has 1 N–H and O–H groups in total. The number of aromatic nitrogens is 3. The van der Waals surface area contributed by atoms with Crippen molar-refractivity contribution < 1.29 is 0 Å². The Morgan fingerprint density at radius 1 is 1.62 bits per heavy atom. The molecular weight excluding hydrogens is 288 g/mol. The standard InChI is InChI=1S/C10H13BrN4S/c1-3-12-8(7-4-5-16-6-7)9-10(11)13-14-15(9)2/h4-6,8,12H,3H2,1-2H3. The van der Waals surface area contributed by atoms with Crippen LogP contribution in [0.4, 0.5) is 0 Å². The summed E-state index contributed by atoms with van der Waals surface area (Å²) in [5, 5.41) is 15.7. The van der Waals surface area contributed by atoms with Gasteiger partial charge >= 0.3 is 0 Å². The Balaban J connectivity index is 2.40. The van der Waals surface area contributed by atoms with E-state index in [0.717, 1.165) is 16.8 Å². The second-order valence-electron chi connectivity index (χ2n) is 3.44. The summed E-state index contributed by atoms with van der Waals surface area (Å²) in [7, 11) is 1.91. The second kappa shape index (κ2) is 5.07.